The smallest absolute Gasteiger partial charge is 0.240 e. The minimum atomic E-state index is -0.121. The first kappa shape index (κ1) is 14.4. The van der Waals surface area contributed by atoms with Gasteiger partial charge in [0, 0.05) is 27.2 Å². The predicted molar refractivity (Wildman–Crippen MR) is 71.2 cm³/mol. The zero-order valence-electron chi connectivity index (χ0n) is 12.3. The van der Waals surface area contributed by atoms with Gasteiger partial charge < -0.3 is 18.9 Å². The molecule has 1 amide bonds. The molecule has 0 saturated carbocycles. The number of fused-ring (bicyclic) bond motifs is 3. The minimum Gasteiger partial charge on any atom is -0.378 e. The van der Waals surface area contributed by atoms with Crippen LogP contribution in [0.3, 0.4) is 0 Å². The van der Waals surface area contributed by atoms with E-state index < -0.39 is 0 Å². The third-order valence-electron chi connectivity index (χ3n) is 3.96. The summed E-state index contributed by atoms with van der Waals surface area (Å²) in [5.74, 6) is 1.13. The Morgan fingerprint density at radius 1 is 1.38 bits per heavy atom. The first-order valence-electron chi connectivity index (χ1n) is 7.04. The summed E-state index contributed by atoms with van der Waals surface area (Å²) in [7, 11) is 3.44. The van der Waals surface area contributed by atoms with Crippen LogP contribution >= 0.6 is 0 Å². The van der Waals surface area contributed by atoms with Crippen molar-refractivity contribution in [1.82, 2.24) is 19.9 Å². The molecule has 3 heterocycles. The van der Waals surface area contributed by atoms with E-state index in [4.69, 9.17) is 14.0 Å². The molecule has 0 aliphatic carbocycles. The van der Waals surface area contributed by atoms with Crippen molar-refractivity contribution in [3.8, 4) is 0 Å². The lowest BCUT2D eigenvalue weighted by molar-refractivity contribution is -0.134. The van der Waals surface area contributed by atoms with Gasteiger partial charge in [0.2, 0.25) is 11.8 Å². The Morgan fingerprint density at radius 3 is 3.05 bits per heavy atom. The second kappa shape index (κ2) is 6.08. The molecule has 2 aliphatic rings. The molecular formula is C13H20N4O4. The predicted octanol–water partition coefficient (Wildman–Crippen LogP) is -0.495. The summed E-state index contributed by atoms with van der Waals surface area (Å²) in [6, 6.07) is 0.0753. The molecule has 0 spiro atoms. The lowest BCUT2D eigenvalue weighted by Crippen LogP contribution is -2.42. The van der Waals surface area contributed by atoms with Crippen molar-refractivity contribution in [3.63, 3.8) is 0 Å². The van der Waals surface area contributed by atoms with E-state index in [1.807, 2.05) is 11.9 Å². The highest BCUT2D eigenvalue weighted by atomic mass is 16.5. The second-order valence-corrected chi connectivity index (χ2v) is 5.57. The van der Waals surface area contributed by atoms with Crippen molar-refractivity contribution < 1.29 is 18.8 Å². The molecule has 2 aliphatic heterocycles. The summed E-state index contributed by atoms with van der Waals surface area (Å²) in [5.41, 5.74) is 0. The average molecular weight is 296 g/mol. The molecule has 0 unspecified atom stereocenters. The Bertz CT molecular complexity index is 506. The van der Waals surface area contributed by atoms with Crippen LogP contribution in [0.5, 0.6) is 0 Å². The average Bonchev–Trinajstić information content (AvgIpc) is 2.78. The molecule has 0 N–H and O–H groups in total. The fraction of sp³-hybridized carbons (Fsp3) is 0.769. The lowest BCUT2D eigenvalue weighted by Gasteiger charge is -2.28. The zero-order valence-corrected chi connectivity index (χ0v) is 12.3. The summed E-state index contributed by atoms with van der Waals surface area (Å²) in [4.78, 5) is 20.5. The van der Waals surface area contributed by atoms with Gasteiger partial charge in [0.25, 0.3) is 0 Å². The number of carbonyl (C=O) groups excluding carboxylic acids is 1. The Balaban J connectivity index is 1.69. The monoisotopic (exact) mass is 296 g/mol. The highest BCUT2D eigenvalue weighted by Crippen LogP contribution is 2.20. The van der Waals surface area contributed by atoms with Crippen molar-refractivity contribution in [2.24, 2.45) is 5.92 Å². The van der Waals surface area contributed by atoms with Crippen molar-refractivity contribution in [3.05, 3.63) is 11.7 Å². The van der Waals surface area contributed by atoms with Gasteiger partial charge in [-0.3, -0.25) is 9.69 Å². The van der Waals surface area contributed by atoms with Gasteiger partial charge in [0.1, 0.15) is 6.61 Å². The molecule has 8 nitrogen and oxygen atoms in total. The fourth-order valence-electron chi connectivity index (χ4n) is 2.85. The van der Waals surface area contributed by atoms with Gasteiger partial charge in [-0.25, -0.2) is 0 Å². The number of ether oxygens (including phenoxy) is 2. The number of aromatic nitrogens is 2. The molecule has 1 aromatic heterocycles. The van der Waals surface area contributed by atoms with E-state index >= 15 is 0 Å². The van der Waals surface area contributed by atoms with Crippen LogP contribution in [-0.4, -0.2) is 72.4 Å². The standard InChI is InChI=1S/C13H20N4O4/c1-16-10-4-17(3-9(13(16)18)6-20-7-10)5-12-14-11(8-19-2)15-21-12/h9-10H,3-8H2,1-2H3/t9-,10+/m1/s1. The largest absolute Gasteiger partial charge is 0.378 e. The van der Waals surface area contributed by atoms with Gasteiger partial charge in [-0.05, 0) is 0 Å². The summed E-state index contributed by atoms with van der Waals surface area (Å²) in [6.07, 6.45) is 0. The second-order valence-electron chi connectivity index (χ2n) is 5.57. The minimum absolute atomic E-state index is 0.0753. The number of amides is 1. The number of methoxy groups -OCH3 is 1. The molecule has 2 fully saturated rings. The van der Waals surface area contributed by atoms with Gasteiger partial charge in [-0.15, -0.1) is 0 Å². The summed E-state index contributed by atoms with van der Waals surface area (Å²) in [5, 5.41) is 3.86. The maximum absolute atomic E-state index is 12.3. The third kappa shape index (κ3) is 3.07. The molecule has 2 bridgehead atoms. The summed E-state index contributed by atoms with van der Waals surface area (Å²) >= 11 is 0. The molecular weight excluding hydrogens is 276 g/mol. The van der Waals surface area contributed by atoms with Crippen molar-refractivity contribution in [2.75, 3.05) is 40.5 Å². The number of rotatable bonds is 4. The summed E-state index contributed by atoms with van der Waals surface area (Å²) < 4.78 is 15.8. The third-order valence-corrected chi connectivity index (χ3v) is 3.96. The molecule has 8 heteroatoms. The Hall–Kier alpha value is -1.51. The van der Waals surface area contributed by atoms with E-state index in [0.717, 1.165) is 6.54 Å². The van der Waals surface area contributed by atoms with Crippen LogP contribution in [0.25, 0.3) is 0 Å². The molecule has 116 valence electrons. The van der Waals surface area contributed by atoms with Crippen molar-refractivity contribution in [1.29, 1.82) is 0 Å². The van der Waals surface area contributed by atoms with Crippen LogP contribution < -0.4 is 0 Å². The van der Waals surface area contributed by atoms with E-state index in [2.05, 4.69) is 15.0 Å². The van der Waals surface area contributed by atoms with E-state index in [1.54, 1.807) is 7.11 Å². The zero-order chi connectivity index (χ0) is 14.8. The van der Waals surface area contributed by atoms with Crippen molar-refractivity contribution in [2.45, 2.75) is 19.2 Å². The summed E-state index contributed by atoms with van der Waals surface area (Å²) in [6.45, 7) is 3.35. The number of carbonyl (C=O) groups is 1. The van der Waals surface area contributed by atoms with Gasteiger partial charge in [-0.1, -0.05) is 5.16 Å². The molecule has 21 heavy (non-hydrogen) atoms. The quantitative estimate of drug-likeness (QED) is 0.741. The molecule has 2 saturated heterocycles. The SMILES string of the molecule is COCc1noc(CN2C[C@@H]3COC[C@H](C2)N(C)C3=O)n1. The van der Waals surface area contributed by atoms with Gasteiger partial charge >= 0.3 is 0 Å². The number of hydrogen-bond donors (Lipinski definition) is 0. The molecule has 0 aromatic carbocycles. The molecule has 1 aromatic rings. The van der Waals surface area contributed by atoms with Crippen LogP contribution in [0, 0.1) is 5.92 Å². The van der Waals surface area contributed by atoms with Gasteiger partial charge in [0.15, 0.2) is 5.82 Å². The molecule has 3 rings (SSSR count). The molecule has 2 atom stereocenters. The highest BCUT2D eigenvalue weighted by molar-refractivity contribution is 5.79. The van der Waals surface area contributed by atoms with E-state index in [9.17, 15) is 4.79 Å². The van der Waals surface area contributed by atoms with Crippen LogP contribution in [0.15, 0.2) is 4.52 Å². The van der Waals surface area contributed by atoms with E-state index in [-0.39, 0.29) is 17.9 Å². The first-order chi connectivity index (χ1) is 10.2. The van der Waals surface area contributed by atoms with Gasteiger partial charge in [0.05, 0.1) is 31.7 Å². The van der Waals surface area contributed by atoms with E-state index in [1.165, 1.54) is 0 Å². The normalized spacial score (nSPS) is 27.0. The first-order valence-corrected chi connectivity index (χ1v) is 7.04. The maximum atomic E-state index is 12.3. The van der Waals surface area contributed by atoms with Gasteiger partial charge in [-0.2, -0.15) is 4.98 Å². The van der Waals surface area contributed by atoms with E-state index in [0.29, 0.717) is 44.6 Å². The number of likely N-dealkylation sites (N-methyl/N-ethyl adjacent to an activating group) is 1. The molecule has 0 radical (unpaired) electrons. The number of hydrogen-bond acceptors (Lipinski definition) is 7. The fourth-order valence-corrected chi connectivity index (χ4v) is 2.85. The maximum Gasteiger partial charge on any atom is 0.240 e. The number of nitrogens with zero attached hydrogens (tertiary/aromatic N) is 4. The Kier molecular flexibility index (Phi) is 4.18. The Labute approximate surface area is 123 Å². The Morgan fingerprint density at radius 2 is 2.24 bits per heavy atom. The van der Waals surface area contributed by atoms with Crippen LogP contribution in [-0.2, 0) is 27.4 Å². The topological polar surface area (TPSA) is 80.9 Å². The van der Waals surface area contributed by atoms with Crippen LogP contribution in [0.1, 0.15) is 11.7 Å². The highest BCUT2D eigenvalue weighted by Gasteiger charge is 2.37. The van der Waals surface area contributed by atoms with Crippen LogP contribution in [0.2, 0.25) is 0 Å². The lowest BCUT2D eigenvalue weighted by atomic mass is 10.1. The van der Waals surface area contributed by atoms with Crippen LogP contribution in [0.4, 0.5) is 0 Å². The van der Waals surface area contributed by atoms with Crippen molar-refractivity contribution >= 4 is 5.91 Å².